The zero-order valence-corrected chi connectivity index (χ0v) is 16.9. The normalized spacial score (nSPS) is 37.6. The van der Waals surface area contributed by atoms with E-state index in [1.165, 1.54) is 51.4 Å². The average Bonchev–Trinajstić information content (AvgIpc) is 2.83. The predicted molar refractivity (Wildman–Crippen MR) is 105 cm³/mol. The Morgan fingerprint density at radius 3 is 2.25 bits per heavy atom. The van der Waals surface area contributed by atoms with Crippen LogP contribution in [0, 0.1) is 17.8 Å². The van der Waals surface area contributed by atoms with Crippen molar-refractivity contribution >= 4 is 7.85 Å². The van der Waals surface area contributed by atoms with Gasteiger partial charge < -0.3 is 4.74 Å². The molecule has 4 unspecified atom stereocenters. The second-order valence-electron chi connectivity index (χ2n) is 9.92. The zero-order chi connectivity index (χ0) is 17.3. The van der Waals surface area contributed by atoms with Crippen LogP contribution in [-0.2, 0) is 4.74 Å². The lowest BCUT2D eigenvalue weighted by molar-refractivity contribution is -0.141. The summed E-state index contributed by atoms with van der Waals surface area (Å²) in [5.41, 5.74) is 0.381. The Kier molecular flexibility index (Phi) is 6.02. The first-order valence-electron chi connectivity index (χ1n) is 10.8. The smallest absolute Gasteiger partial charge is 0.105 e. The molecule has 0 radical (unpaired) electrons. The maximum Gasteiger partial charge on any atom is 0.105 e. The molecule has 2 saturated heterocycles. The van der Waals surface area contributed by atoms with Crippen LogP contribution in [0.4, 0.5) is 0 Å². The molecule has 2 nitrogen and oxygen atoms in total. The fraction of sp³-hybridized carbons (Fsp3) is 1.00. The number of fused-ring (bicyclic) bond motifs is 1. The summed E-state index contributed by atoms with van der Waals surface area (Å²) in [6.07, 6.45) is 11.5. The van der Waals surface area contributed by atoms with Gasteiger partial charge in [-0.1, -0.05) is 51.8 Å². The van der Waals surface area contributed by atoms with Gasteiger partial charge in [0, 0.05) is 12.1 Å². The van der Waals surface area contributed by atoms with Crippen molar-refractivity contribution in [3.8, 4) is 0 Å². The average molecular weight is 333 g/mol. The maximum absolute atomic E-state index is 5.76. The number of hydrogen-bond acceptors (Lipinski definition) is 2. The Hall–Kier alpha value is -0.0151. The molecular formula is C21H40BNO. The Balaban J connectivity index is 1.89. The van der Waals surface area contributed by atoms with Crippen LogP contribution < -0.4 is 0 Å². The molecule has 0 bridgehead atoms. The highest BCUT2D eigenvalue weighted by Gasteiger charge is 2.57. The molecule has 0 aromatic rings. The molecule has 2 heterocycles. The molecule has 0 aromatic heterocycles. The Morgan fingerprint density at radius 2 is 1.71 bits per heavy atom. The van der Waals surface area contributed by atoms with Crippen molar-refractivity contribution in [3.63, 3.8) is 0 Å². The van der Waals surface area contributed by atoms with Crippen molar-refractivity contribution in [3.05, 3.63) is 0 Å². The molecule has 3 heteroatoms. The lowest BCUT2D eigenvalue weighted by Gasteiger charge is -2.49. The van der Waals surface area contributed by atoms with E-state index >= 15 is 0 Å². The minimum atomic E-state index is 0.381. The molecule has 2 aliphatic heterocycles. The van der Waals surface area contributed by atoms with Gasteiger partial charge >= 0.3 is 0 Å². The summed E-state index contributed by atoms with van der Waals surface area (Å²) in [6, 6.07) is 1.46. The van der Waals surface area contributed by atoms with Crippen LogP contribution >= 0.6 is 0 Å². The van der Waals surface area contributed by atoms with Crippen molar-refractivity contribution in [1.82, 2.24) is 4.90 Å². The van der Waals surface area contributed by atoms with E-state index in [0.29, 0.717) is 11.6 Å². The van der Waals surface area contributed by atoms with E-state index in [-0.39, 0.29) is 0 Å². The molecule has 3 rings (SSSR count). The van der Waals surface area contributed by atoms with E-state index in [4.69, 9.17) is 4.74 Å². The summed E-state index contributed by atoms with van der Waals surface area (Å²) in [5.74, 6) is 3.52. The maximum atomic E-state index is 5.76. The van der Waals surface area contributed by atoms with Crippen molar-refractivity contribution < 1.29 is 4.74 Å². The van der Waals surface area contributed by atoms with E-state index < -0.39 is 0 Å². The molecule has 0 N–H and O–H groups in total. The number of ether oxygens (including phenoxy) is 1. The predicted octanol–water partition coefficient (Wildman–Crippen LogP) is 4.29. The summed E-state index contributed by atoms with van der Waals surface area (Å²) in [4.78, 5) is 2.92. The third-order valence-electron chi connectivity index (χ3n) is 7.25. The standard InChI is InChI=1S/C21H40BNO/c1-15(2)11-17-18-12-21(13-24-14-21)23(16(3)4)20(18)10-8-6-5-7-9-19(17)22/h15-20H,5-14,22H2,1-4H3. The quantitative estimate of drug-likeness (QED) is 0.714. The van der Waals surface area contributed by atoms with Gasteiger partial charge in [0.15, 0.2) is 0 Å². The third-order valence-corrected chi connectivity index (χ3v) is 7.25. The lowest BCUT2D eigenvalue weighted by atomic mass is 9.62. The van der Waals surface area contributed by atoms with Crippen molar-refractivity contribution in [1.29, 1.82) is 0 Å². The third kappa shape index (κ3) is 3.58. The van der Waals surface area contributed by atoms with Gasteiger partial charge in [0.2, 0.25) is 0 Å². The summed E-state index contributed by atoms with van der Waals surface area (Å²) in [6.45, 7) is 11.7. The number of nitrogens with zero attached hydrogens (tertiary/aromatic N) is 1. The lowest BCUT2D eigenvalue weighted by Crippen LogP contribution is -2.62. The summed E-state index contributed by atoms with van der Waals surface area (Å²) in [5, 5.41) is 0. The van der Waals surface area contributed by atoms with E-state index in [1.807, 2.05) is 0 Å². The molecule has 3 fully saturated rings. The van der Waals surface area contributed by atoms with Gasteiger partial charge in [-0.2, -0.15) is 0 Å². The van der Waals surface area contributed by atoms with Gasteiger partial charge in [-0.15, -0.1) is 0 Å². The van der Waals surface area contributed by atoms with Gasteiger partial charge in [-0.3, -0.25) is 4.90 Å². The van der Waals surface area contributed by atoms with Gasteiger partial charge in [0.05, 0.1) is 18.8 Å². The summed E-state index contributed by atoms with van der Waals surface area (Å²) >= 11 is 0. The second-order valence-corrected chi connectivity index (χ2v) is 9.92. The largest absolute Gasteiger partial charge is 0.377 e. The van der Waals surface area contributed by atoms with Gasteiger partial charge in [0.25, 0.3) is 0 Å². The molecular weight excluding hydrogens is 293 g/mol. The fourth-order valence-electron chi connectivity index (χ4n) is 6.32. The van der Waals surface area contributed by atoms with Gasteiger partial charge in [-0.25, -0.2) is 0 Å². The number of likely N-dealkylation sites (tertiary alicyclic amines) is 1. The molecule has 4 atom stereocenters. The Morgan fingerprint density at radius 1 is 1.04 bits per heavy atom. The van der Waals surface area contributed by atoms with Gasteiger partial charge in [0.1, 0.15) is 7.85 Å². The molecule has 138 valence electrons. The number of rotatable bonds is 3. The van der Waals surface area contributed by atoms with Crippen LogP contribution in [0.2, 0.25) is 5.82 Å². The summed E-state index contributed by atoms with van der Waals surface area (Å²) in [7, 11) is 2.56. The molecule has 0 aromatic carbocycles. The molecule has 24 heavy (non-hydrogen) atoms. The van der Waals surface area contributed by atoms with Crippen LogP contribution in [0.1, 0.15) is 79.1 Å². The first-order valence-corrected chi connectivity index (χ1v) is 10.8. The van der Waals surface area contributed by atoms with Crippen LogP contribution in [-0.4, -0.2) is 43.6 Å². The van der Waals surface area contributed by atoms with Crippen LogP contribution in [0.5, 0.6) is 0 Å². The molecule has 1 saturated carbocycles. The summed E-state index contributed by atoms with van der Waals surface area (Å²) < 4.78 is 5.76. The highest BCUT2D eigenvalue weighted by Crippen LogP contribution is 2.52. The van der Waals surface area contributed by atoms with Crippen molar-refractivity contribution in [2.75, 3.05) is 13.2 Å². The first kappa shape index (κ1) is 18.8. The first-order chi connectivity index (χ1) is 11.4. The Labute approximate surface area is 151 Å². The fourth-order valence-corrected chi connectivity index (χ4v) is 6.32. The minimum absolute atomic E-state index is 0.381. The van der Waals surface area contributed by atoms with E-state index in [2.05, 4.69) is 40.4 Å². The SMILES string of the molecule is BC1CCCCCCC2C(CC3(COC3)N2C(C)C)C1CC(C)C. The van der Waals surface area contributed by atoms with Gasteiger partial charge in [-0.05, 0) is 50.9 Å². The zero-order valence-electron chi connectivity index (χ0n) is 16.9. The second kappa shape index (κ2) is 7.70. The molecule has 3 aliphatic rings. The number of hydrogen-bond donors (Lipinski definition) is 0. The van der Waals surface area contributed by atoms with E-state index in [0.717, 1.165) is 42.8 Å². The van der Waals surface area contributed by atoms with Crippen LogP contribution in [0.25, 0.3) is 0 Å². The Bertz CT molecular complexity index is 407. The molecule has 1 spiro atoms. The van der Waals surface area contributed by atoms with E-state index in [9.17, 15) is 0 Å². The molecule has 0 amide bonds. The molecule has 1 aliphatic carbocycles. The highest BCUT2D eigenvalue weighted by molar-refractivity contribution is 6.11. The monoisotopic (exact) mass is 333 g/mol. The van der Waals surface area contributed by atoms with E-state index in [1.54, 1.807) is 0 Å². The van der Waals surface area contributed by atoms with Crippen molar-refractivity contribution in [2.45, 2.75) is 103 Å². The minimum Gasteiger partial charge on any atom is -0.377 e. The highest BCUT2D eigenvalue weighted by atomic mass is 16.5. The van der Waals surface area contributed by atoms with Crippen LogP contribution in [0.15, 0.2) is 0 Å². The van der Waals surface area contributed by atoms with Crippen molar-refractivity contribution in [2.24, 2.45) is 17.8 Å². The topological polar surface area (TPSA) is 12.5 Å². The van der Waals surface area contributed by atoms with Crippen LogP contribution in [0.3, 0.4) is 0 Å².